The lowest BCUT2D eigenvalue weighted by molar-refractivity contribution is -0.132. The number of piperidine rings is 1. The number of alkyl halides is 1. The molecule has 1 heterocycles. The summed E-state index contributed by atoms with van der Waals surface area (Å²) in [6.07, 6.45) is 3.62. The van der Waals surface area contributed by atoms with Crippen LogP contribution in [0, 0.1) is 0 Å². The molecule has 120 valence electrons. The zero-order chi connectivity index (χ0) is 15.6. The molecule has 0 aromatic carbocycles. The molecule has 0 aromatic rings. The molecule has 0 N–H and O–H groups in total. The first kappa shape index (κ1) is 16.4. The Kier molecular flexibility index (Phi) is 5.02. The maximum atomic E-state index is 12.2. The number of carbonyl (C=O) groups excluding carboxylic acids is 2. The van der Waals surface area contributed by atoms with Crippen LogP contribution in [0.2, 0.25) is 0 Å². The first-order chi connectivity index (χ1) is 9.81. The fraction of sp³-hybridized carbons (Fsp3) is 0.867. The van der Waals surface area contributed by atoms with Gasteiger partial charge in [-0.25, -0.2) is 4.79 Å². The highest BCUT2D eigenvalue weighted by molar-refractivity contribution is 6.27. The quantitative estimate of drug-likeness (QED) is 0.752. The molecular weight excluding hydrogens is 292 g/mol. The first-order valence-corrected chi connectivity index (χ1v) is 8.20. The Labute approximate surface area is 131 Å². The Morgan fingerprint density at radius 2 is 1.90 bits per heavy atom. The third-order valence-electron chi connectivity index (χ3n) is 3.78. The van der Waals surface area contributed by atoms with Crippen molar-refractivity contribution in [2.24, 2.45) is 0 Å². The lowest BCUT2D eigenvalue weighted by Gasteiger charge is -2.39. The summed E-state index contributed by atoms with van der Waals surface area (Å²) in [7, 11) is 0. The van der Waals surface area contributed by atoms with Crippen LogP contribution in [0.15, 0.2) is 0 Å². The average Bonchev–Trinajstić information content (AvgIpc) is 3.22. The number of halogens is 1. The summed E-state index contributed by atoms with van der Waals surface area (Å²) in [4.78, 5) is 27.9. The van der Waals surface area contributed by atoms with E-state index in [0.717, 1.165) is 25.7 Å². The van der Waals surface area contributed by atoms with Gasteiger partial charge in [0.05, 0.1) is 0 Å². The lowest BCUT2D eigenvalue weighted by Crippen LogP contribution is -2.53. The second kappa shape index (κ2) is 6.42. The van der Waals surface area contributed by atoms with Crippen LogP contribution < -0.4 is 0 Å². The van der Waals surface area contributed by atoms with Gasteiger partial charge in [-0.3, -0.25) is 4.79 Å². The molecular formula is C15H25ClN2O3. The third kappa shape index (κ3) is 4.50. The molecule has 2 amide bonds. The summed E-state index contributed by atoms with van der Waals surface area (Å²) < 4.78 is 5.43. The topological polar surface area (TPSA) is 49.9 Å². The summed E-state index contributed by atoms with van der Waals surface area (Å²) >= 11 is 5.73. The standard InChI is InChI=1S/C15H25ClN2O3/c1-15(2,3)21-14(20)17-8-4-5-12(10-17)18(11-6-7-11)13(19)9-16/h11-12H,4-10H2,1-3H3/t12-/m0/s1. The van der Waals surface area contributed by atoms with Crippen LogP contribution in [0.1, 0.15) is 46.5 Å². The molecule has 6 heteroatoms. The SMILES string of the molecule is CC(C)(C)OC(=O)N1CCC[C@H](N(C(=O)CCl)C2CC2)C1. The highest BCUT2D eigenvalue weighted by atomic mass is 35.5. The molecule has 0 radical (unpaired) electrons. The van der Waals surface area contributed by atoms with Crippen molar-refractivity contribution >= 4 is 23.6 Å². The molecule has 0 aromatic heterocycles. The predicted molar refractivity (Wildman–Crippen MR) is 81.4 cm³/mol. The fourth-order valence-corrected chi connectivity index (χ4v) is 2.94. The van der Waals surface area contributed by atoms with Crippen LogP contribution in [-0.4, -0.2) is 58.5 Å². The summed E-state index contributed by atoms with van der Waals surface area (Å²) in [5, 5.41) is 0. The number of rotatable bonds is 3. The van der Waals surface area contributed by atoms with Gasteiger partial charge in [-0.1, -0.05) is 0 Å². The maximum absolute atomic E-state index is 12.2. The van der Waals surface area contributed by atoms with E-state index in [2.05, 4.69) is 0 Å². The van der Waals surface area contributed by atoms with Gasteiger partial charge in [0.2, 0.25) is 5.91 Å². The van der Waals surface area contributed by atoms with Crippen molar-refractivity contribution in [3.05, 3.63) is 0 Å². The Morgan fingerprint density at radius 3 is 2.43 bits per heavy atom. The van der Waals surface area contributed by atoms with Gasteiger partial charge in [-0.2, -0.15) is 0 Å². The van der Waals surface area contributed by atoms with Gasteiger partial charge >= 0.3 is 6.09 Å². The summed E-state index contributed by atoms with van der Waals surface area (Å²) in [6, 6.07) is 0.393. The van der Waals surface area contributed by atoms with Crippen LogP contribution >= 0.6 is 11.6 Å². The van der Waals surface area contributed by atoms with Crippen molar-refractivity contribution in [3.8, 4) is 0 Å². The monoisotopic (exact) mass is 316 g/mol. The minimum atomic E-state index is -0.494. The number of hydrogen-bond acceptors (Lipinski definition) is 3. The molecule has 5 nitrogen and oxygen atoms in total. The second-order valence-electron chi connectivity index (χ2n) is 6.89. The van der Waals surface area contributed by atoms with E-state index in [0.29, 0.717) is 19.1 Å². The Morgan fingerprint density at radius 1 is 1.24 bits per heavy atom. The van der Waals surface area contributed by atoms with E-state index >= 15 is 0 Å². The van der Waals surface area contributed by atoms with Crippen LogP contribution in [0.4, 0.5) is 4.79 Å². The van der Waals surface area contributed by atoms with Crippen molar-refractivity contribution in [3.63, 3.8) is 0 Å². The molecule has 1 aliphatic heterocycles. The van der Waals surface area contributed by atoms with Crippen LogP contribution in [0.25, 0.3) is 0 Å². The van der Waals surface area contributed by atoms with E-state index in [1.165, 1.54) is 0 Å². The number of carbonyl (C=O) groups is 2. The van der Waals surface area contributed by atoms with E-state index in [9.17, 15) is 9.59 Å². The normalized spacial score (nSPS) is 22.9. The fourth-order valence-electron chi connectivity index (χ4n) is 2.80. The highest BCUT2D eigenvalue weighted by Crippen LogP contribution is 2.32. The van der Waals surface area contributed by atoms with E-state index in [4.69, 9.17) is 16.3 Å². The van der Waals surface area contributed by atoms with Gasteiger partial charge in [0, 0.05) is 25.2 Å². The first-order valence-electron chi connectivity index (χ1n) is 7.67. The van der Waals surface area contributed by atoms with E-state index in [1.54, 1.807) is 4.90 Å². The lowest BCUT2D eigenvalue weighted by atomic mass is 10.0. The highest BCUT2D eigenvalue weighted by Gasteiger charge is 2.39. The Bertz CT molecular complexity index is 404. The van der Waals surface area contributed by atoms with Crippen molar-refractivity contribution in [2.75, 3.05) is 19.0 Å². The van der Waals surface area contributed by atoms with Crippen LogP contribution in [-0.2, 0) is 9.53 Å². The molecule has 21 heavy (non-hydrogen) atoms. The summed E-state index contributed by atoms with van der Waals surface area (Å²) in [5.74, 6) is -0.00500. The van der Waals surface area contributed by atoms with Gasteiger partial charge in [0.15, 0.2) is 0 Å². The number of ether oxygens (including phenoxy) is 1. The van der Waals surface area contributed by atoms with E-state index in [-0.39, 0.29) is 23.9 Å². The molecule has 0 unspecified atom stereocenters. The summed E-state index contributed by atoms with van der Waals surface area (Å²) in [5.41, 5.74) is -0.494. The van der Waals surface area contributed by atoms with Gasteiger partial charge < -0.3 is 14.5 Å². The van der Waals surface area contributed by atoms with Crippen molar-refractivity contribution in [1.29, 1.82) is 0 Å². The van der Waals surface area contributed by atoms with Crippen LogP contribution in [0.3, 0.4) is 0 Å². The Balaban J connectivity index is 1.99. The molecule has 1 saturated carbocycles. The Hall–Kier alpha value is -0.970. The molecule has 1 aliphatic carbocycles. The van der Waals surface area contributed by atoms with Crippen molar-refractivity contribution in [1.82, 2.24) is 9.80 Å². The smallest absolute Gasteiger partial charge is 0.410 e. The van der Waals surface area contributed by atoms with Gasteiger partial charge in [0.1, 0.15) is 11.5 Å². The minimum Gasteiger partial charge on any atom is -0.444 e. The van der Waals surface area contributed by atoms with Crippen molar-refractivity contribution < 1.29 is 14.3 Å². The maximum Gasteiger partial charge on any atom is 0.410 e. The largest absolute Gasteiger partial charge is 0.444 e. The molecule has 0 spiro atoms. The third-order valence-corrected chi connectivity index (χ3v) is 4.01. The average molecular weight is 317 g/mol. The molecule has 2 fully saturated rings. The summed E-state index contributed by atoms with van der Waals surface area (Å²) in [6.45, 7) is 6.83. The predicted octanol–water partition coefficient (Wildman–Crippen LogP) is 2.62. The van der Waals surface area contributed by atoms with E-state index < -0.39 is 5.60 Å². The minimum absolute atomic E-state index is 0.0133. The van der Waals surface area contributed by atoms with Gasteiger partial charge in [0.25, 0.3) is 0 Å². The second-order valence-corrected chi connectivity index (χ2v) is 7.16. The number of hydrogen-bond donors (Lipinski definition) is 0. The molecule has 2 rings (SSSR count). The van der Waals surface area contributed by atoms with Gasteiger partial charge in [-0.05, 0) is 46.5 Å². The molecule has 1 saturated heterocycles. The molecule has 2 aliphatic rings. The molecule has 0 bridgehead atoms. The number of likely N-dealkylation sites (tertiary alicyclic amines) is 1. The number of nitrogens with zero attached hydrogens (tertiary/aromatic N) is 2. The number of amides is 2. The molecule has 1 atom stereocenters. The van der Waals surface area contributed by atoms with E-state index in [1.807, 2.05) is 25.7 Å². The van der Waals surface area contributed by atoms with Gasteiger partial charge in [-0.15, -0.1) is 11.6 Å². The van der Waals surface area contributed by atoms with Crippen LogP contribution in [0.5, 0.6) is 0 Å². The zero-order valence-electron chi connectivity index (χ0n) is 13.1. The zero-order valence-corrected chi connectivity index (χ0v) is 13.9. The van der Waals surface area contributed by atoms with Crippen molar-refractivity contribution in [2.45, 2.75) is 64.1 Å².